The molecule has 2 N–H and O–H groups in total. The van der Waals surface area contributed by atoms with Crippen LogP contribution in [0, 0.1) is 0 Å². The molecule has 0 amide bonds. The number of fused-ring (bicyclic) bond motifs is 1. The molecule has 0 spiro atoms. The third-order valence-electron chi connectivity index (χ3n) is 4.05. The van der Waals surface area contributed by atoms with Gasteiger partial charge in [-0.2, -0.15) is 13.2 Å². The van der Waals surface area contributed by atoms with Gasteiger partial charge in [-0.05, 0) is 17.7 Å². The molecule has 1 aromatic rings. The van der Waals surface area contributed by atoms with Crippen molar-refractivity contribution in [3.05, 3.63) is 29.3 Å². The Hall–Kier alpha value is -1.27. The second-order valence-electron chi connectivity index (χ2n) is 5.39. The zero-order valence-corrected chi connectivity index (χ0v) is 11.1. The highest BCUT2D eigenvalue weighted by molar-refractivity contribution is 5.61. The number of anilines is 1. The lowest BCUT2D eigenvalue weighted by molar-refractivity contribution is -0.138. The molecule has 3 rings (SSSR count). The van der Waals surface area contributed by atoms with Crippen LogP contribution in [0.25, 0.3) is 0 Å². The van der Waals surface area contributed by atoms with Gasteiger partial charge in [0.05, 0.1) is 5.56 Å². The Morgan fingerprint density at radius 2 is 1.95 bits per heavy atom. The Morgan fingerprint density at radius 1 is 1.20 bits per heavy atom. The lowest BCUT2D eigenvalue weighted by Crippen LogP contribution is -2.45. The van der Waals surface area contributed by atoms with Crippen LogP contribution in [-0.2, 0) is 6.18 Å². The van der Waals surface area contributed by atoms with E-state index < -0.39 is 11.7 Å². The quantitative estimate of drug-likeness (QED) is 0.871. The van der Waals surface area contributed by atoms with E-state index in [1.807, 2.05) is 0 Å². The molecule has 2 aliphatic heterocycles. The summed E-state index contributed by atoms with van der Waals surface area (Å²) >= 11 is 0. The number of rotatable bonds is 2. The van der Waals surface area contributed by atoms with Gasteiger partial charge in [-0.25, -0.2) is 0 Å². The van der Waals surface area contributed by atoms with Crippen LogP contribution in [-0.4, -0.2) is 44.2 Å². The Labute approximate surface area is 116 Å². The van der Waals surface area contributed by atoms with Crippen molar-refractivity contribution in [3.8, 4) is 0 Å². The Morgan fingerprint density at radius 3 is 2.65 bits per heavy atom. The molecule has 2 heterocycles. The Balaban J connectivity index is 1.84. The smallest absolute Gasteiger partial charge is 0.384 e. The second-order valence-corrected chi connectivity index (χ2v) is 5.39. The van der Waals surface area contributed by atoms with E-state index in [4.69, 9.17) is 0 Å². The van der Waals surface area contributed by atoms with Crippen molar-refractivity contribution in [2.75, 3.05) is 44.6 Å². The van der Waals surface area contributed by atoms with Gasteiger partial charge in [0.2, 0.25) is 0 Å². The van der Waals surface area contributed by atoms with Gasteiger partial charge < -0.3 is 15.5 Å². The predicted octanol–water partition coefficient (Wildman–Crippen LogP) is 2.12. The van der Waals surface area contributed by atoms with Crippen molar-refractivity contribution >= 4 is 5.69 Å². The van der Waals surface area contributed by atoms with Gasteiger partial charge in [0, 0.05) is 50.9 Å². The predicted molar refractivity (Wildman–Crippen MR) is 72.0 cm³/mol. The van der Waals surface area contributed by atoms with E-state index in [2.05, 4.69) is 15.5 Å². The first-order chi connectivity index (χ1) is 9.55. The van der Waals surface area contributed by atoms with Gasteiger partial charge in [0.25, 0.3) is 0 Å². The summed E-state index contributed by atoms with van der Waals surface area (Å²) in [4.78, 5) is 2.24. The molecule has 0 aromatic heterocycles. The zero-order chi connectivity index (χ0) is 14.2. The summed E-state index contributed by atoms with van der Waals surface area (Å²) in [5.41, 5.74) is 0.596. The third-order valence-corrected chi connectivity index (χ3v) is 4.05. The number of alkyl halides is 3. The summed E-state index contributed by atoms with van der Waals surface area (Å²) in [7, 11) is 0. The van der Waals surface area contributed by atoms with E-state index in [0.717, 1.165) is 26.2 Å². The van der Waals surface area contributed by atoms with Gasteiger partial charge in [-0.3, -0.25) is 0 Å². The van der Waals surface area contributed by atoms with Crippen LogP contribution in [0.5, 0.6) is 0 Å². The van der Waals surface area contributed by atoms with Crippen LogP contribution < -0.4 is 10.6 Å². The van der Waals surface area contributed by atoms with E-state index in [1.165, 1.54) is 12.1 Å². The number of hydrogen-bond donors (Lipinski definition) is 2. The van der Waals surface area contributed by atoms with Gasteiger partial charge in [0.1, 0.15) is 0 Å². The molecule has 3 nitrogen and oxygen atoms in total. The number of piperazine rings is 1. The van der Waals surface area contributed by atoms with Crippen molar-refractivity contribution in [1.29, 1.82) is 0 Å². The summed E-state index contributed by atoms with van der Waals surface area (Å²) in [5, 5.41) is 6.37. The molecule has 0 radical (unpaired) electrons. The summed E-state index contributed by atoms with van der Waals surface area (Å²) in [6.45, 7) is 4.91. The molecule has 1 fully saturated rings. The molecule has 6 heteroatoms. The number of hydrogen-bond acceptors (Lipinski definition) is 3. The largest absolute Gasteiger partial charge is 0.416 e. The molecule has 0 bridgehead atoms. The van der Waals surface area contributed by atoms with Crippen LogP contribution >= 0.6 is 0 Å². The minimum Gasteiger partial charge on any atom is -0.384 e. The molecule has 0 aliphatic carbocycles. The standard InChI is InChI=1S/C14H18F3N3/c15-14(16,17)11-2-1-3-12-13(11)10(8-19-12)9-20-6-4-18-5-7-20/h1-3,10,18-19H,4-9H2. The minimum atomic E-state index is -4.28. The van der Waals surface area contributed by atoms with Crippen LogP contribution in [0.4, 0.5) is 18.9 Å². The average molecular weight is 285 g/mol. The summed E-state index contributed by atoms with van der Waals surface area (Å²) < 4.78 is 39.4. The molecule has 1 unspecified atom stereocenters. The van der Waals surface area contributed by atoms with Gasteiger partial charge >= 0.3 is 6.18 Å². The third kappa shape index (κ3) is 2.62. The van der Waals surface area contributed by atoms with Gasteiger partial charge in [-0.15, -0.1) is 0 Å². The molecular weight excluding hydrogens is 267 g/mol. The molecule has 0 saturated carbocycles. The SMILES string of the molecule is FC(F)(F)c1cccc2c1C(CN1CCNCC1)CN2. The fourth-order valence-electron chi connectivity index (χ4n) is 3.10. The highest BCUT2D eigenvalue weighted by Crippen LogP contribution is 2.42. The number of halogens is 3. The molecule has 1 saturated heterocycles. The fourth-order valence-corrected chi connectivity index (χ4v) is 3.10. The monoisotopic (exact) mass is 285 g/mol. The maximum absolute atomic E-state index is 13.1. The second kappa shape index (κ2) is 5.26. The van der Waals surface area contributed by atoms with E-state index in [9.17, 15) is 13.2 Å². The lowest BCUT2D eigenvalue weighted by Gasteiger charge is -2.30. The Kier molecular flexibility index (Phi) is 3.60. The van der Waals surface area contributed by atoms with Crippen molar-refractivity contribution in [2.45, 2.75) is 12.1 Å². The fraction of sp³-hybridized carbons (Fsp3) is 0.571. The molecule has 1 aromatic carbocycles. The molecule has 110 valence electrons. The number of nitrogens with one attached hydrogen (secondary N) is 2. The van der Waals surface area contributed by atoms with Crippen LogP contribution in [0.15, 0.2) is 18.2 Å². The van der Waals surface area contributed by atoms with Crippen molar-refractivity contribution in [1.82, 2.24) is 10.2 Å². The van der Waals surface area contributed by atoms with Crippen molar-refractivity contribution in [2.24, 2.45) is 0 Å². The minimum absolute atomic E-state index is 0.0825. The normalized spacial score (nSPS) is 23.4. The zero-order valence-electron chi connectivity index (χ0n) is 11.1. The Bertz CT molecular complexity index is 481. The van der Waals surface area contributed by atoms with Crippen LogP contribution in [0.2, 0.25) is 0 Å². The first kappa shape index (κ1) is 13.7. The number of nitrogens with zero attached hydrogens (tertiary/aromatic N) is 1. The molecular formula is C14H18F3N3. The molecule has 1 atom stereocenters. The summed E-state index contributed by atoms with van der Waals surface area (Å²) in [5.74, 6) is -0.0825. The van der Waals surface area contributed by atoms with E-state index in [-0.39, 0.29) is 5.92 Å². The highest BCUT2D eigenvalue weighted by atomic mass is 19.4. The number of benzene rings is 1. The summed E-state index contributed by atoms with van der Waals surface area (Å²) in [6, 6.07) is 4.40. The maximum atomic E-state index is 13.1. The van der Waals surface area contributed by atoms with Crippen molar-refractivity contribution in [3.63, 3.8) is 0 Å². The highest BCUT2D eigenvalue weighted by Gasteiger charge is 2.38. The molecule has 20 heavy (non-hydrogen) atoms. The lowest BCUT2D eigenvalue weighted by atomic mass is 9.94. The van der Waals surface area contributed by atoms with E-state index in [0.29, 0.717) is 24.3 Å². The first-order valence-electron chi connectivity index (χ1n) is 6.93. The van der Waals surface area contributed by atoms with E-state index >= 15 is 0 Å². The summed E-state index contributed by atoms with van der Waals surface area (Å²) in [6.07, 6.45) is -4.28. The molecule has 2 aliphatic rings. The van der Waals surface area contributed by atoms with E-state index in [1.54, 1.807) is 6.07 Å². The van der Waals surface area contributed by atoms with Crippen LogP contribution in [0.1, 0.15) is 17.0 Å². The maximum Gasteiger partial charge on any atom is 0.416 e. The van der Waals surface area contributed by atoms with Gasteiger partial charge in [-0.1, -0.05) is 6.07 Å². The first-order valence-corrected chi connectivity index (χ1v) is 6.93. The van der Waals surface area contributed by atoms with Gasteiger partial charge in [0.15, 0.2) is 0 Å². The topological polar surface area (TPSA) is 27.3 Å². The van der Waals surface area contributed by atoms with Crippen molar-refractivity contribution < 1.29 is 13.2 Å². The average Bonchev–Trinajstić information content (AvgIpc) is 2.82. The van der Waals surface area contributed by atoms with Crippen LogP contribution in [0.3, 0.4) is 0 Å².